The van der Waals surface area contributed by atoms with Crippen LogP contribution in [0.3, 0.4) is 0 Å². The molecule has 2 aliphatic rings. The van der Waals surface area contributed by atoms with Crippen LogP contribution in [0.25, 0.3) is 0 Å². The van der Waals surface area contributed by atoms with E-state index in [0.717, 1.165) is 32.4 Å². The monoisotopic (exact) mass is 268 g/mol. The average Bonchev–Trinajstić information content (AvgIpc) is 2.63. The van der Waals surface area contributed by atoms with Crippen molar-refractivity contribution in [2.45, 2.75) is 64.0 Å². The lowest BCUT2D eigenvalue weighted by molar-refractivity contribution is -0.129. The van der Waals surface area contributed by atoms with Crippen LogP contribution < -0.4 is 10.6 Å². The standard InChI is InChI=1S/C15H28N2O2/c1-12-5-3-2-4-6-14(12)17-15(18)11-19-13-7-9-16-10-8-13/h12-14,16H,2-11H2,1H3,(H,17,18). The third-order valence-electron chi connectivity index (χ3n) is 4.44. The molecular formula is C15H28N2O2. The first kappa shape index (κ1) is 14.8. The van der Waals surface area contributed by atoms with Gasteiger partial charge in [-0.3, -0.25) is 4.79 Å². The fraction of sp³-hybridized carbons (Fsp3) is 0.933. The van der Waals surface area contributed by atoms with Gasteiger partial charge in [0.05, 0.1) is 6.10 Å². The van der Waals surface area contributed by atoms with E-state index in [0.29, 0.717) is 12.0 Å². The summed E-state index contributed by atoms with van der Waals surface area (Å²) in [5.41, 5.74) is 0. The van der Waals surface area contributed by atoms with E-state index in [1.807, 2.05) is 0 Å². The van der Waals surface area contributed by atoms with Gasteiger partial charge in [0.2, 0.25) is 5.91 Å². The number of rotatable bonds is 4. The predicted molar refractivity (Wildman–Crippen MR) is 76.0 cm³/mol. The van der Waals surface area contributed by atoms with Gasteiger partial charge >= 0.3 is 0 Å². The normalized spacial score (nSPS) is 29.7. The number of hydrogen-bond donors (Lipinski definition) is 2. The summed E-state index contributed by atoms with van der Waals surface area (Å²) in [4.78, 5) is 12.0. The first-order valence-electron chi connectivity index (χ1n) is 7.87. The van der Waals surface area contributed by atoms with E-state index in [1.54, 1.807) is 0 Å². The highest BCUT2D eigenvalue weighted by atomic mass is 16.5. The highest BCUT2D eigenvalue weighted by molar-refractivity contribution is 5.77. The maximum Gasteiger partial charge on any atom is 0.246 e. The summed E-state index contributed by atoms with van der Waals surface area (Å²) in [5.74, 6) is 0.669. The summed E-state index contributed by atoms with van der Waals surface area (Å²) in [7, 11) is 0. The van der Waals surface area contributed by atoms with E-state index in [2.05, 4.69) is 17.6 Å². The molecule has 2 atom stereocenters. The van der Waals surface area contributed by atoms with Crippen LogP contribution in [0.2, 0.25) is 0 Å². The number of carbonyl (C=O) groups is 1. The Labute approximate surface area is 116 Å². The minimum atomic E-state index is 0.0669. The largest absolute Gasteiger partial charge is 0.368 e. The van der Waals surface area contributed by atoms with Crippen molar-refractivity contribution < 1.29 is 9.53 Å². The van der Waals surface area contributed by atoms with E-state index in [-0.39, 0.29) is 18.6 Å². The molecule has 1 aliphatic heterocycles. The molecular weight excluding hydrogens is 240 g/mol. The van der Waals surface area contributed by atoms with Gasteiger partial charge in [0, 0.05) is 6.04 Å². The molecule has 2 fully saturated rings. The molecule has 0 bridgehead atoms. The Bertz CT molecular complexity index is 277. The van der Waals surface area contributed by atoms with E-state index in [9.17, 15) is 4.79 Å². The third kappa shape index (κ3) is 5.11. The summed E-state index contributed by atoms with van der Waals surface area (Å²) >= 11 is 0. The minimum Gasteiger partial charge on any atom is -0.368 e. The van der Waals surface area contributed by atoms with E-state index in [4.69, 9.17) is 4.74 Å². The second-order valence-electron chi connectivity index (χ2n) is 6.05. The van der Waals surface area contributed by atoms with Gasteiger partial charge in [0.15, 0.2) is 0 Å². The molecule has 0 spiro atoms. The number of amides is 1. The zero-order valence-corrected chi connectivity index (χ0v) is 12.1. The molecule has 2 unspecified atom stereocenters. The molecule has 1 amide bonds. The lowest BCUT2D eigenvalue weighted by atomic mass is 9.97. The summed E-state index contributed by atoms with van der Waals surface area (Å²) in [5, 5.41) is 6.47. The predicted octanol–water partition coefficient (Wildman–Crippen LogP) is 1.84. The van der Waals surface area contributed by atoms with E-state index >= 15 is 0 Å². The van der Waals surface area contributed by atoms with Gasteiger partial charge in [-0.25, -0.2) is 0 Å². The molecule has 4 heteroatoms. The Balaban J connectivity index is 1.67. The van der Waals surface area contributed by atoms with Crippen LogP contribution in [0, 0.1) is 5.92 Å². The first-order valence-corrected chi connectivity index (χ1v) is 7.87. The summed E-state index contributed by atoms with van der Waals surface area (Å²) in [6.45, 7) is 4.50. The maximum absolute atomic E-state index is 12.0. The minimum absolute atomic E-state index is 0.0669. The molecule has 1 saturated carbocycles. The average molecular weight is 268 g/mol. The van der Waals surface area contributed by atoms with Crippen molar-refractivity contribution in [3.8, 4) is 0 Å². The molecule has 1 heterocycles. The molecule has 4 nitrogen and oxygen atoms in total. The molecule has 0 aromatic carbocycles. The van der Waals surface area contributed by atoms with Gasteiger partial charge in [-0.2, -0.15) is 0 Å². The summed E-state index contributed by atoms with van der Waals surface area (Å²) in [6.07, 6.45) is 8.52. The molecule has 110 valence electrons. The Hall–Kier alpha value is -0.610. The van der Waals surface area contributed by atoms with Crippen LogP contribution in [-0.4, -0.2) is 37.7 Å². The van der Waals surface area contributed by atoms with Crippen LogP contribution in [-0.2, 0) is 9.53 Å². The molecule has 19 heavy (non-hydrogen) atoms. The Morgan fingerprint density at radius 2 is 1.89 bits per heavy atom. The van der Waals surface area contributed by atoms with Gasteiger partial charge in [0.1, 0.15) is 6.61 Å². The topological polar surface area (TPSA) is 50.4 Å². The van der Waals surface area contributed by atoms with Crippen LogP contribution in [0.5, 0.6) is 0 Å². The van der Waals surface area contributed by atoms with Crippen LogP contribution >= 0.6 is 0 Å². The van der Waals surface area contributed by atoms with Gasteiger partial charge in [-0.15, -0.1) is 0 Å². The van der Waals surface area contributed by atoms with Crippen molar-refractivity contribution in [2.24, 2.45) is 5.92 Å². The van der Waals surface area contributed by atoms with Crippen LogP contribution in [0.15, 0.2) is 0 Å². The number of nitrogens with one attached hydrogen (secondary N) is 2. The van der Waals surface area contributed by atoms with E-state index in [1.165, 1.54) is 25.7 Å². The first-order chi connectivity index (χ1) is 9.25. The fourth-order valence-corrected chi connectivity index (χ4v) is 3.11. The van der Waals surface area contributed by atoms with Gasteiger partial charge in [0.25, 0.3) is 0 Å². The van der Waals surface area contributed by atoms with Crippen molar-refractivity contribution in [2.75, 3.05) is 19.7 Å². The maximum atomic E-state index is 12.0. The molecule has 1 aliphatic carbocycles. The fourth-order valence-electron chi connectivity index (χ4n) is 3.11. The highest BCUT2D eigenvalue weighted by Gasteiger charge is 2.22. The molecule has 2 N–H and O–H groups in total. The van der Waals surface area contributed by atoms with Crippen molar-refractivity contribution in [3.05, 3.63) is 0 Å². The smallest absolute Gasteiger partial charge is 0.246 e. The lowest BCUT2D eigenvalue weighted by Gasteiger charge is -2.25. The third-order valence-corrected chi connectivity index (χ3v) is 4.44. The Morgan fingerprint density at radius 3 is 2.68 bits per heavy atom. The van der Waals surface area contributed by atoms with Crippen LogP contribution in [0.1, 0.15) is 51.9 Å². The van der Waals surface area contributed by atoms with Crippen molar-refractivity contribution in [1.29, 1.82) is 0 Å². The van der Waals surface area contributed by atoms with Gasteiger partial charge in [-0.1, -0.05) is 26.2 Å². The van der Waals surface area contributed by atoms with Crippen molar-refractivity contribution in [1.82, 2.24) is 10.6 Å². The molecule has 2 rings (SSSR count). The Kier molecular flexibility index (Phi) is 6.11. The summed E-state index contributed by atoms with van der Waals surface area (Å²) in [6, 6.07) is 0.353. The van der Waals surface area contributed by atoms with Gasteiger partial charge in [-0.05, 0) is 44.7 Å². The molecule has 0 radical (unpaired) electrons. The molecule has 1 saturated heterocycles. The Morgan fingerprint density at radius 1 is 1.16 bits per heavy atom. The van der Waals surface area contributed by atoms with Crippen LogP contribution in [0.4, 0.5) is 0 Å². The number of piperidine rings is 1. The molecule has 0 aromatic rings. The second-order valence-corrected chi connectivity index (χ2v) is 6.05. The lowest BCUT2D eigenvalue weighted by Crippen LogP contribution is -2.42. The van der Waals surface area contributed by atoms with Crippen molar-refractivity contribution in [3.63, 3.8) is 0 Å². The zero-order valence-electron chi connectivity index (χ0n) is 12.1. The van der Waals surface area contributed by atoms with Crippen molar-refractivity contribution >= 4 is 5.91 Å². The SMILES string of the molecule is CC1CCCCCC1NC(=O)COC1CCNCC1. The highest BCUT2D eigenvalue weighted by Crippen LogP contribution is 2.22. The van der Waals surface area contributed by atoms with E-state index < -0.39 is 0 Å². The van der Waals surface area contributed by atoms with Gasteiger partial charge < -0.3 is 15.4 Å². The number of carbonyl (C=O) groups excluding carboxylic acids is 1. The number of hydrogen-bond acceptors (Lipinski definition) is 3. The summed E-state index contributed by atoms with van der Waals surface area (Å²) < 4.78 is 5.70. The quantitative estimate of drug-likeness (QED) is 0.765. The second kappa shape index (κ2) is 7.85. The molecule has 0 aromatic heterocycles. The zero-order chi connectivity index (χ0) is 13.5. The number of ether oxygens (including phenoxy) is 1.